The van der Waals surface area contributed by atoms with E-state index in [4.69, 9.17) is 0 Å². The standard InChI is InChI=1S/C21H15F2N3/c1-2-14-3-6-16(7-4-14)21-25-24-20-10-5-15(13-26(20)21)11-17-8-9-18(22)12-19(17)23/h2-10,12-13H,1,11H2. The molecule has 2 aromatic carbocycles. The number of pyridine rings is 1. The molecule has 128 valence electrons. The Morgan fingerprint density at radius 1 is 0.962 bits per heavy atom. The first kappa shape index (κ1) is 16.1. The molecule has 0 aliphatic heterocycles. The summed E-state index contributed by atoms with van der Waals surface area (Å²) >= 11 is 0. The van der Waals surface area contributed by atoms with Crippen molar-refractivity contribution in [3.8, 4) is 11.4 Å². The van der Waals surface area contributed by atoms with Gasteiger partial charge in [-0.15, -0.1) is 10.2 Å². The number of nitrogens with zero attached hydrogens (tertiary/aromatic N) is 3. The fourth-order valence-corrected chi connectivity index (χ4v) is 2.89. The van der Waals surface area contributed by atoms with Gasteiger partial charge in [0.15, 0.2) is 11.5 Å². The van der Waals surface area contributed by atoms with Gasteiger partial charge in [0, 0.05) is 24.2 Å². The molecule has 0 saturated heterocycles. The molecule has 2 heterocycles. The minimum atomic E-state index is -0.578. The Balaban J connectivity index is 1.73. The molecule has 0 unspecified atom stereocenters. The zero-order valence-corrected chi connectivity index (χ0v) is 13.9. The van der Waals surface area contributed by atoms with Crippen molar-refractivity contribution in [2.45, 2.75) is 6.42 Å². The molecular weight excluding hydrogens is 332 g/mol. The van der Waals surface area contributed by atoms with Gasteiger partial charge in [0.1, 0.15) is 11.6 Å². The highest BCUT2D eigenvalue weighted by Gasteiger charge is 2.10. The number of benzene rings is 2. The van der Waals surface area contributed by atoms with Gasteiger partial charge in [0.25, 0.3) is 0 Å². The van der Waals surface area contributed by atoms with E-state index >= 15 is 0 Å². The number of rotatable bonds is 4. The lowest BCUT2D eigenvalue weighted by Crippen LogP contribution is -1.97. The van der Waals surface area contributed by atoms with Crippen molar-refractivity contribution in [2.75, 3.05) is 0 Å². The van der Waals surface area contributed by atoms with Gasteiger partial charge >= 0.3 is 0 Å². The average Bonchev–Trinajstić information content (AvgIpc) is 3.07. The fraction of sp³-hybridized carbons (Fsp3) is 0.0476. The molecule has 0 bridgehead atoms. The summed E-state index contributed by atoms with van der Waals surface area (Å²) in [5, 5.41) is 8.45. The first-order valence-electron chi connectivity index (χ1n) is 8.14. The van der Waals surface area contributed by atoms with Gasteiger partial charge < -0.3 is 0 Å². The maximum Gasteiger partial charge on any atom is 0.168 e. The number of fused-ring (bicyclic) bond motifs is 1. The number of hydrogen-bond donors (Lipinski definition) is 0. The van der Waals surface area contributed by atoms with Crippen molar-refractivity contribution in [1.29, 1.82) is 0 Å². The Bertz CT molecular complexity index is 1100. The minimum Gasteiger partial charge on any atom is -0.282 e. The topological polar surface area (TPSA) is 30.2 Å². The Kier molecular flexibility index (Phi) is 4.05. The molecule has 0 amide bonds. The van der Waals surface area contributed by atoms with E-state index < -0.39 is 11.6 Å². The number of aromatic nitrogens is 3. The second-order valence-electron chi connectivity index (χ2n) is 6.03. The van der Waals surface area contributed by atoms with Gasteiger partial charge in [-0.3, -0.25) is 4.40 Å². The molecule has 0 atom stereocenters. The van der Waals surface area contributed by atoms with Gasteiger partial charge in [-0.1, -0.05) is 49.1 Å². The van der Waals surface area contributed by atoms with Crippen LogP contribution in [-0.2, 0) is 6.42 Å². The third-order valence-electron chi connectivity index (χ3n) is 4.28. The van der Waals surface area contributed by atoms with Crippen molar-refractivity contribution in [3.63, 3.8) is 0 Å². The van der Waals surface area contributed by atoms with Crippen molar-refractivity contribution in [3.05, 3.63) is 95.7 Å². The van der Waals surface area contributed by atoms with Gasteiger partial charge in [-0.25, -0.2) is 8.78 Å². The lowest BCUT2D eigenvalue weighted by Gasteiger charge is -2.06. The molecule has 0 N–H and O–H groups in total. The lowest BCUT2D eigenvalue weighted by atomic mass is 10.1. The summed E-state index contributed by atoms with van der Waals surface area (Å²) in [7, 11) is 0. The monoisotopic (exact) mass is 347 g/mol. The van der Waals surface area contributed by atoms with Crippen molar-refractivity contribution >= 4 is 11.7 Å². The molecular formula is C21H15F2N3. The lowest BCUT2D eigenvalue weighted by molar-refractivity contribution is 0.574. The summed E-state index contributed by atoms with van der Waals surface area (Å²) in [6, 6.07) is 15.2. The number of hydrogen-bond acceptors (Lipinski definition) is 2. The molecule has 26 heavy (non-hydrogen) atoms. The second kappa shape index (κ2) is 6.52. The SMILES string of the molecule is C=Cc1ccc(-c2nnc3ccc(Cc4ccc(F)cc4F)cn23)cc1. The Morgan fingerprint density at radius 2 is 1.77 bits per heavy atom. The zero-order valence-electron chi connectivity index (χ0n) is 13.9. The summed E-state index contributed by atoms with van der Waals surface area (Å²) < 4.78 is 28.9. The van der Waals surface area contributed by atoms with Crippen LogP contribution in [0.5, 0.6) is 0 Å². The van der Waals surface area contributed by atoms with Gasteiger partial charge in [-0.2, -0.15) is 0 Å². The van der Waals surface area contributed by atoms with Crippen LogP contribution in [0.15, 0.2) is 67.4 Å². The largest absolute Gasteiger partial charge is 0.282 e. The van der Waals surface area contributed by atoms with Crippen molar-refractivity contribution in [1.82, 2.24) is 14.6 Å². The third-order valence-corrected chi connectivity index (χ3v) is 4.28. The third kappa shape index (κ3) is 2.99. The molecule has 0 saturated carbocycles. The van der Waals surface area contributed by atoms with Gasteiger partial charge in [0.05, 0.1) is 0 Å². The molecule has 0 aliphatic rings. The molecule has 2 aromatic heterocycles. The van der Waals surface area contributed by atoms with Gasteiger partial charge in [-0.05, 0) is 28.8 Å². The van der Waals surface area contributed by atoms with E-state index in [1.165, 1.54) is 12.1 Å². The highest BCUT2D eigenvalue weighted by atomic mass is 19.1. The molecule has 3 nitrogen and oxygen atoms in total. The van der Waals surface area contributed by atoms with E-state index in [-0.39, 0.29) is 0 Å². The Morgan fingerprint density at radius 3 is 2.50 bits per heavy atom. The van der Waals surface area contributed by atoms with Crippen molar-refractivity contribution in [2.24, 2.45) is 0 Å². The van der Waals surface area contributed by atoms with Crippen LogP contribution in [0.3, 0.4) is 0 Å². The first-order valence-corrected chi connectivity index (χ1v) is 8.14. The Hall–Kier alpha value is -3.34. The highest BCUT2D eigenvalue weighted by molar-refractivity contribution is 5.62. The molecule has 0 fully saturated rings. The van der Waals surface area contributed by atoms with Crippen LogP contribution in [0, 0.1) is 11.6 Å². The summed E-state index contributed by atoms with van der Waals surface area (Å²) in [5.74, 6) is -0.420. The smallest absolute Gasteiger partial charge is 0.168 e. The summed E-state index contributed by atoms with van der Waals surface area (Å²) in [6.07, 6.45) is 4.02. The molecule has 0 radical (unpaired) electrons. The van der Waals surface area contributed by atoms with Crippen LogP contribution in [0.1, 0.15) is 16.7 Å². The predicted molar refractivity (Wildman–Crippen MR) is 97.7 cm³/mol. The summed E-state index contributed by atoms with van der Waals surface area (Å²) in [4.78, 5) is 0. The van der Waals surface area contributed by atoms with Crippen LogP contribution in [0.2, 0.25) is 0 Å². The maximum absolute atomic E-state index is 13.9. The van der Waals surface area contributed by atoms with E-state index in [1.807, 2.05) is 47.0 Å². The molecule has 4 rings (SSSR count). The minimum absolute atomic E-state index is 0.356. The van der Waals surface area contributed by atoms with Gasteiger partial charge in [0.2, 0.25) is 0 Å². The van der Waals surface area contributed by atoms with Crippen LogP contribution in [0.4, 0.5) is 8.78 Å². The number of halogens is 2. The summed E-state index contributed by atoms with van der Waals surface area (Å²) in [6.45, 7) is 3.75. The molecule has 0 spiro atoms. The zero-order chi connectivity index (χ0) is 18.1. The first-order chi connectivity index (χ1) is 12.6. The molecule has 0 aliphatic carbocycles. The highest BCUT2D eigenvalue weighted by Crippen LogP contribution is 2.21. The van der Waals surface area contributed by atoms with Crippen LogP contribution in [0.25, 0.3) is 23.1 Å². The van der Waals surface area contributed by atoms with Crippen LogP contribution in [-0.4, -0.2) is 14.6 Å². The van der Waals surface area contributed by atoms with E-state index in [1.54, 1.807) is 6.08 Å². The summed E-state index contributed by atoms with van der Waals surface area (Å²) in [5.41, 5.74) is 3.97. The normalized spacial score (nSPS) is 11.0. The predicted octanol–water partition coefficient (Wildman–Crippen LogP) is 4.91. The maximum atomic E-state index is 13.9. The van der Waals surface area contributed by atoms with E-state index in [2.05, 4.69) is 16.8 Å². The Labute approximate surface area is 149 Å². The molecule has 4 aromatic rings. The van der Waals surface area contributed by atoms with E-state index in [0.29, 0.717) is 23.5 Å². The van der Waals surface area contributed by atoms with E-state index in [9.17, 15) is 8.78 Å². The van der Waals surface area contributed by atoms with Crippen LogP contribution < -0.4 is 0 Å². The molecule has 5 heteroatoms. The van der Waals surface area contributed by atoms with Crippen LogP contribution >= 0.6 is 0 Å². The fourth-order valence-electron chi connectivity index (χ4n) is 2.89. The quantitative estimate of drug-likeness (QED) is 0.525. The van der Waals surface area contributed by atoms with E-state index in [0.717, 1.165) is 22.8 Å². The second-order valence-corrected chi connectivity index (χ2v) is 6.03. The van der Waals surface area contributed by atoms with Crippen molar-refractivity contribution < 1.29 is 8.78 Å². The average molecular weight is 347 g/mol.